The van der Waals surface area contributed by atoms with Gasteiger partial charge in [0.05, 0.1) is 0 Å². The van der Waals surface area contributed by atoms with Crippen molar-refractivity contribution in [3.63, 3.8) is 0 Å². The minimum atomic E-state index is 0.892. The number of aromatic nitrogens is 1. The van der Waals surface area contributed by atoms with Gasteiger partial charge in [0.25, 0.3) is 0 Å². The number of fused-ring (bicyclic) bond motifs is 1. The van der Waals surface area contributed by atoms with Crippen LogP contribution in [0.5, 0.6) is 0 Å². The number of nitrogens with zero attached hydrogens (tertiary/aromatic N) is 2. The predicted octanol–water partition coefficient (Wildman–Crippen LogP) is 3.01. The molecule has 1 N–H and O–H groups in total. The number of pyridine rings is 1. The van der Waals surface area contributed by atoms with Gasteiger partial charge in [0.15, 0.2) is 0 Å². The molecule has 0 bridgehead atoms. The van der Waals surface area contributed by atoms with Gasteiger partial charge in [-0.2, -0.15) is 0 Å². The Morgan fingerprint density at radius 3 is 2.95 bits per heavy atom. The minimum absolute atomic E-state index is 0.892. The maximum absolute atomic E-state index is 4.14. The van der Waals surface area contributed by atoms with E-state index in [1.54, 1.807) is 0 Å². The molecule has 3 rings (SSSR count). The van der Waals surface area contributed by atoms with E-state index in [1.807, 2.05) is 18.5 Å². The van der Waals surface area contributed by atoms with Gasteiger partial charge in [-0.05, 0) is 42.5 Å². The van der Waals surface area contributed by atoms with Crippen LogP contribution in [-0.4, -0.2) is 24.6 Å². The second-order valence-electron chi connectivity index (χ2n) is 5.61. The summed E-state index contributed by atoms with van der Waals surface area (Å²) in [5, 5.41) is 3.52. The quantitative estimate of drug-likeness (QED) is 0.854. The summed E-state index contributed by atoms with van der Waals surface area (Å²) in [6, 6.07) is 12.9. The summed E-state index contributed by atoms with van der Waals surface area (Å²) in [5.41, 5.74) is 4.18. The highest BCUT2D eigenvalue weighted by Gasteiger charge is 2.13. The number of aryl methyl sites for hydroxylation is 1. The summed E-state index contributed by atoms with van der Waals surface area (Å²) < 4.78 is 0. The fourth-order valence-electron chi connectivity index (χ4n) is 2.95. The Morgan fingerprint density at radius 2 is 2.05 bits per heavy atom. The van der Waals surface area contributed by atoms with Gasteiger partial charge in [0.1, 0.15) is 0 Å². The molecule has 3 nitrogen and oxygen atoms in total. The van der Waals surface area contributed by atoms with E-state index in [0.29, 0.717) is 0 Å². The van der Waals surface area contributed by atoms with Gasteiger partial charge in [0, 0.05) is 44.3 Å². The van der Waals surface area contributed by atoms with Crippen molar-refractivity contribution in [3.05, 3.63) is 59.9 Å². The lowest BCUT2D eigenvalue weighted by Crippen LogP contribution is -2.32. The Hall–Kier alpha value is -1.87. The van der Waals surface area contributed by atoms with E-state index in [0.717, 1.165) is 19.6 Å². The Bertz CT molecular complexity index is 553. The van der Waals surface area contributed by atoms with Gasteiger partial charge in [-0.1, -0.05) is 24.3 Å². The van der Waals surface area contributed by atoms with E-state index in [1.165, 1.54) is 42.6 Å². The molecule has 1 aromatic carbocycles. The Balaban J connectivity index is 1.53. The number of hydrogen-bond donors (Lipinski definition) is 1. The number of nitrogens with one attached hydrogen (secondary N) is 1. The van der Waals surface area contributed by atoms with Gasteiger partial charge >= 0.3 is 0 Å². The molecule has 3 heteroatoms. The van der Waals surface area contributed by atoms with Crippen LogP contribution in [0.1, 0.15) is 24.0 Å². The molecule has 0 spiro atoms. The van der Waals surface area contributed by atoms with Crippen LogP contribution in [0.25, 0.3) is 0 Å². The van der Waals surface area contributed by atoms with Crippen molar-refractivity contribution in [2.24, 2.45) is 0 Å². The lowest BCUT2D eigenvalue weighted by molar-refractivity contribution is 0.645. The van der Waals surface area contributed by atoms with Crippen LogP contribution in [0, 0.1) is 0 Å². The standard InChI is InChI=1S/C18H23N3/c1-2-9-18-17(7-1)8-3-4-12-21(18)13-11-20-15-16-6-5-10-19-14-16/h1-2,5-7,9-10,14,20H,3-4,8,11-13,15H2. The monoisotopic (exact) mass is 281 g/mol. The molecule has 0 saturated carbocycles. The molecule has 0 atom stereocenters. The highest BCUT2D eigenvalue weighted by Crippen LogP contribution is 2.25. The Kier molecular flexibility index (Phi) is 4.85. The molecule has 1 aliphatic heterocycles. The summed E-state index contributed by atoms with van der Waals surface area (Å²) in [7, 11) is 0. The number of anilines is 1. The van der Waals surface area contributed by atoms with E-state index in [9.17, 15) is 0 Å². The molecule has 0 amide bonds. The first-order chi connectivity index (χ1) is 10.4. The van der Waals surface area contributed by atoms with Gasteiger partial charge in [-0.25, -0.2) is 0 Å². The fourth-order valence-corrected chi connectivity index (χ4v) is 2.95. The summed E-state index contributed by atoms with van der Waals surface area (Å²) in [6.45, 7) is 4.13. The third-order valence-corrected chi connectivity index (χ3v) is 4.07. The van der Waals surface area contributed by atoms with Gasteiger partial charge in [0.2, 0.25) is 0 Å². The zero-order valence-electron chi connectivity index (χ0n) is 12.5. The second kappa shape index (κ2) is 7.23. The number of hydrogen-bond acceptors (Lipinski definition) is 3. The van der Waals surface area contributed by atoms with Crippen molar-refractivity contribution in [1.82, 2.24) is 10.3 Å². The summed E-state index contributed by atoms with van der Waals surface area (Å²) >= 11 is 0. The smallest absolute Gasteiger partial charge is 0.0399 e. The normalized spacial score (nSPS) is 14.6. The molecule has 1 aromatic heterocycles. The first kappa shape index (κ1) is 14.1. The van der Waals surface area contributed by atoms with Gasteiger partial charge < -0.3 is 10.2 Å². The first-order valence-corrected chi connectivity index (χ1v) is 7.86. The van der Waals surface area contributed by atoms with Crippen molar-refractivity contribution < 1.29 is 0 Å². The van der Waals surface area contributed by atoms with E-state index < -0.39 is 0 Å². The number of benzene rings is 1. The third kappa shape index (κ3) is 3.82. The van der Waals surface area contributed by atoms with E-state index in [2.05, 4.69) is 45.5 Å². The summed E-state index contributed by atoms with van der Waals surface area (Å²) in [5.74, 6) is 0. The molecule has 0 saturated heterocycles. The SMILES string of the molecule is c1cncc(CNCCN2CCCCc3ccccc32)c1. The summed E-state index contributed by atoms with van der Waals surface area (Å²) in [4.78, 5) is 6.67. The molecule has 0 radical (unpaired) electrons. The van der Waals surface area contributed by atoms with Crippen LogP contribution in [0.2, 0.25) is 0 Å². The summed E-state index contributed by atoms with van der Waals surface area (Å²) in [6.07, 6.45) is 7.55. The van der Waals surface area contributed by atoms with Crippen molar-refractivity contribution in [3.8, 4) is 0 Å². The third-order valence-electron chi connectivity index (χ3n) is 4.07. The maximum Gasteiger partial charge on any atom is 0.0399 e. The van der Waals surface area contributed by atoms with Crippen LogP contribution < -0.4 is 10.2 Å². The number of rotatable bonds is 5. The second-order valence-corrected chi connectivity index (χ2v) is 5.61. The molecule has 0 fully saturated rings. The topological polar surface area (TPSA) is 28.2 Å². The van der Waals surface area contributed by atoms with Crippen molar-refractivity contribution >= 4 is 5.69 Å². The molecule has 2 aromatic rings. The molecule has 110 valence electrons. The fraction of sp³-hybridized carbons (Fsp3) is 0.389. The molecular formula is C18H23N3. The largest absolute Gasteiger partial charge is 0.370 e. The number of para-hydroxylation sites is 1. The predicted molar refractivity (Wildman–Crippen MR) is 87.5 cm³/mol. The van der Waals surface area contributed by atoms with E-state index in [-0.39, 0.29) is 0 Å². The van der Waals surface area contributed by atoms with Gasteiger partial charge in [-0.3, -0.25) is 4.98 Å². The van der Waals surface area contributed by atoms with Crippen LogP contribution in [-0.2, 0) is 13.0 Å². The minimum Gasteiger partial charge on any atom is -0.370 e. The van der Waals surface area contributed by atoms with Crippen LogP contribution >= 0.6 is 0 Å². The molecule has 21 heavy (non-hydrogen) atoms. The molecule has 2 heterocycles. The van der Waals surface area contributed by atoms with E-state index >= 15 is 0 Å². The van der Waals surface area contributed by atoms with Crippen molar-refractivity contribution in [1.29, 1.82) is 0 Å². The van der Waals surface area contributed by atoms with Gasteiger partial charge in [-0.15, -0.1) is 0 Å². The Labute approximate surface area is 127 Å². The molecule has 1 aliphatic rings. The van der Waals surface area contributed by atoms with Crippen molar-refractivity contribution in [2.45, 2.75) is 25.8 Å². The zero-order chi connectivity index (χ0) is 14.3. The molecule has 0 unspecified atom stereocenters. The first-order valence-electron chi connectivity index (χ1n) is 7.86. The lowest BCUT2D eigenvalue weighted by atomic mass is 10.1. The van der Waals surface area contributed by atoms with Crippen LogP contribution in [0.15, 0.2) is 48.8 Å². The van der Waals surface area contributed by atoms with Crippen molar-refractivity contribution in [2.75, 3.05) is 24.5 Å². The highest BCUT2D eigenvalue weighted by atomic mass is 15.1. The van der Waals surface area contributed by atoms with Crippen LogP contribution in [0.3, 0.4) is 0 Å². The van der Waals surface area contributed by atoms with E-state index in [4.69, 9.17) is 0 Å². The Morgan fingerprint density at radius 1 is 1.10 bits per heavy atom. The zero-order valence-corrected chi connectivity index (χ0v) is 12.5. The van der Waals surface area contributed by atoms with Crippen LogP contribution in [0.4, 0.5) is 5.69 Å². The average molecular weight is 281 g/mol. The highest BCUT2D eigenvalue weighted by molar-refractivity contribution is 5.54. The lowest BCUT2D eigenvalue weighted by Gasteiger charge is -2.25. The average Bonchev–Trinajstić information content (AvgIpc) is 2.75. The molecular weight excluding hydrogens is 258 g/mol. The maximum atomic E-state index is 4.14. The molecule has 0 aliphatic carbocycles.